The van der Waals surface area contributed by atoms with E-state index >= 15 is 0 Å². The molecule has 0 saturated heterocycles. The predicted molar refractivity (Wildman–Crippen MR) is 124 cm³/mol. The zero-order valence-corrected chi connectivity index (χ0v) is 18.6. The first kappa shape index (κ1) is 20.2. The van der Waals surface area contributed by atoms with Crippen LogP contribution in [0.25, 0.3) is 10.9 Å². The van der Waals surface area contributed by atoms with Crippen LogP contribution < -0.4 is 14.4 Å². The molecule has 0 radical (unpaired) electrons. The van der Waals surface area contributed by atoms with Crippen molar-refractivity contribution in [3.8, 4) is 11.5 Å². The Balaban J connectivity index is 1.57. The Morgan fingerprint density at radius 2 is 1.59 bits per heavy atom. The van der Waals surface area contributed by atoms with Crippen molar-refractivity contribution >= 4 is 44.5 Å². The Morgan fingerprint density at radius 3 is 2.25 bits per heavy atom. The van der Waals surface area contributed by atoms with Crippen LogP contribution in [0.5, 0.6) is 11.5 Å². The lowest BCUT2D eigenvalue weighted by Crippen LogP contribution is -2.30. The van der Waals surface area contributed by atoms with Crippen molar-refractivity contribution in [2.24, 2.45) is 0 Å². The second-order valence-electron chi connectivity index (χ2n) is 7.28. The molecule has 6 nitrogen and oxygen atoms in total. The molecule has 32 heavy (non-hydrogen) atoms. The molecule has 3 aromatic carbocycles. The summed E-state index contributed by atoms with van der Waals surface area (Å²) in [6.07, 6.45) is 0. The number of hydrogen-bond acceptors (Lipinski definition) is 5. The molecule has 1 aromatic heterocycles. The molecule has 0 saturated carbocycles. The van der Waals surface area contributed by atoms with E-state index in [0.29, 0.717) is 22.4 Å². The molecular formula is C25H17BrN2O4. The van der Waals surface area contributed by atoms with Gasteiger partial charge >= 0.3 is 0 Å². The van der Waals surface area contributed by atoms with Gasteiger partial charge in [-0.2, -0.15) is 0 Å². The van der Waals surface area contributed by atoms with Crippen LogP contribution in [0.1, 0.15) is 26.3 Å². The zero-order valence-electron chi connectivity index (χ0n) is 17.0. The molecule has 0 aliphatic carbocycles. The summed E-state index contributed by atoms with van der Waals surface area (Å²) in [5.74, 6) is 0.450. The fraction of sp³-hybridized carbons (Fsp3) is 0.0800. The lowest BCUT2D eigenvalue weighted by Gasteiger charge is -2.18. The third kappa shape index (κ3) is 3.50. The second kappa shape index (κ2) is 8.09. The number of anilines is 1. The molecule has 2 amide bonds. The fourth-order valence-electron chi connectivity index (χ4n) is 3.65. The summed E-state index contributed by atoms with van der Waals surface area (Å²) in [5.41, 5.74) is 2.28. The first-order valence-electron chi connectivity index (χ1n) is 9.89. The Labute approximate surface area is 192 Å². The highest BCUT2D eigenvalue weighted by Gasteiger charge is 2.39. The number of carbonyl (C=O) groups excluding carboxylic acids is 2. The number of aromatic nitrogens is 1. The standard InChI is InChI=1S/C25H17BrN2O4/c1-31-18-9-6-15(7-10-18)14-32-22-13-16-12-17(26)8-11-21(16)27-23(22)28-24(29)19-4-2-3-5-20(19)25(28)30/h2-13H,14H2,1H3. The molecule has 2 heterocycles. The van der Waals surface area contributed by atoms with Crippen LogP contribution in [0.15, 0.2) is 77.3 Å². The number of nitrogens with zero attached hydrogens (tertiary/aromatic N) is 2. The molecule has 0 unspecified atom stereocenters. The highest BCUT2D eigenvalue weighted by atomic mass is 79.9. The van der Waals surface area contributed by atoms with Crippen LogP contribution in [-0.4, -0.2) is 23.9 Å². The smallest absolute Gasteiger partial charge is 0.267 e. The zero-order chi connectivity index (χ0) is 22.2. The van der Waals surface area contributed by atoms with E-state index in [1.165, 1.54) is 0 Å². The quantitative estimate of drug-likeness (QED) is 0.352. The first-order valence-corrected chi connectivity index (χ1v) is 10.7. The van der Waals surface area contributed by atoms with E-state index in [0.717, 1.165) is 26.1 Å². The van der Waals surface area contributed by atoms with E-state index < -0.39 is 11.8 Å². The lowest BCUT2D eigenvalue weighted by atomic mass is 10.1. The number of rotatable bonds is 5. The third-order valence-corrected chi connectivity index (χ3v) is 5.78. The number of imide groups is 1. The molecule has 0 N–H and O–H groups in total. The predicted octanol–water partition coefficient (Wildman–Crippen LogP) is 5.39. The van der Waals surface area contributed by atoms with Crippen LogP contribution in [0, 0.1) is 0 Å². The topological polar surface area (TPSA) is 68.7 Å². The number of pyridine rings is 1. The maximum absolute atomic E-state index is 13.1. The summed E-state index contributed by atoms with van der Waals surface area (Å²) in [6, 6.07) is 21.6. The van der Waals surface area contributed by atoms with Gasteiger partial charge in [-0.25, -0.2) is 9.88 Å². The van der Waals surface area contributed by atoms with Gasteiger partial charge in [-0.15, -0.1) is 0 Å². The van der Waals surface area contributed by atoms with Crippen LogP contribution in [0.4, 0.5) is 5.82 Å². The van der Waals surface area contributed by atoms with Gasteiger partial charge in [-0.1, -0.05) is 40.2 Å². The van der Waals surface area contributed by atoms with Crippen molar-refractivity contribution in [1.29, 1.82) is 0 Å². The summed E-state index contributed by atoms with van der Waals surface area (Å²) in [4.78, 5) is 31.9. The van der Waals surface area contributed by atoms with E-state index in [-0.39, 0.29) is 12.4 Å². The maximum Gasteiger partial charge on any atom is 0.267 e. The van der Waals surface area contributed by atoms with Gasteiger partial charge in [0, 0.05) is 9.86 Å². The Bertz CT molecular complexity index is 1330. The Morgan fingerprint density at radius 1 is 0.906 bits per heavy atom. The molecule has 1 aliphatic rings. The van der Waals surface area contributed by atoms with E-state index in [4.69, 9.17) is 9.47 Å². The largest absolute Gasteiger partial charge is 0.497 e. The van der Waals surface area contributed by atoms with Gasteiger partial charge in [-0.05, 0) is 54.1 Å². The maximum atomic E-state index is 13.1. The molecule has 0 fully saturated rings. The molecule has 0 spiro atoms. The van der Waals surface area contributed by atoms with Crippen molar-refractivity contribution in [3.63, 3.8) is 0 Å². The van der Waals surface area contributed by atoms with E-state index in [9.17, 15) is 9.59 Å². The molecule has 4 aromatic rings. The van der Waals surface area contributed by atoms with Crippen molar-refractivity contribution in [1.82, 2.24) is 4.98 Å². The van der Waals surface area contributed by atoms with Gasteiger partial charge in [0.05, 0.1) is 23.8 Å². The summed E-state index contributed by atoms with van der Waals surface area (Å²) >= 11 is 3.47. The highest BCUT2D eigenvalue weighted by Crippen LogP contribution is 2.36. The average molecular weight is 489 g/mol. The van der Waals surface area contributed by atoms with Gasteiger partial charge in [0.15, 0.2) is 11.6 Å². The Hall–Kier alpha value is -3.71. The van der Waals surface area contributed by atoms with Crippen molar-refractivity contribution < 1.29 is 19.1 Å². The number of amides is 2. The van der Waals surface area contributed by atoms with E-state index in [1.54, 1.807) is 37.4 Å². The molecule has 158 valence electrons. The van der Waals surface area contributed by atoms with Crippen LogP contribution in [0.3, 0.4) is 0 Å². The third-order valence-electron chi connectivity index (χ3n) is 5.28. The van der Waals surface area contributed by atoms with E-state index in [1.807, 2.05) is 42.5 Å². The molecule has 0 bridgehead atoms. The minimum Gasteiger partial charge on any atom is -0.497 e. The lowest BCUT2D eigenvalue weighted by molar-refractivity contribution is 0.0923. The minimum atomic E-state index is -0.413. The highest BCUT2D eigenvalue weighted by molar-refractivity contribution is 9.10. The number of halogens is 1. The molecule has 5 rings (SSSR count). The summed E-state index contributed by atoms with van der Waals surface area (Å²) in [6.45, 7) is 0.237. The van der Waals surface area contributed by atoms with Crippen LogP contribution in [-0.2, 0) is 6.61 Å². The van der Waals surface area contributed by atoms with Crippen LogP contribution >= 0.6 is 15.9 Å². The van der Waals surface area contributed by atoms with Gasteiger partial charge < -0.3 is 9.47 Å². The summed E-state index contributed by atoms with van der Waals surface area (Å²) in [7, 11) is 1.61. The molecule has 0 atom stereocenters. The second-order valence-corrected chi connectivity index (χ2v) is 8.19. The summed E-state index contributed by atoms with van der Waals surface area (Å²) in [5, 5.41) is 0.824. The van der Waals surface area contributed by atoms with Crippen LogP contribution in [0.2, 0.25) is 0 Å². The number of methoxy groups -OCH3 is 1. The van der Waals surface area contributed by atoms with Crippen molar-refractivity contribution in [3.05, 3.63) is 94.0 Å². The number of ether oxygens (including phenoxy) is 2. The van der Waals surface area contributed by atoms with Crippen molar-refractivity contribution in [2.75, 3.05) is 12.0 Å². The normalized spacial score (nSPS) is 12.9. The van der Waals surface area contributed by atoms with Gasteiger partial charge in [0.1, 0.15) is 12.4 Å². The molecular weight excluding hydrogens is 472 g/mol. The number of hydrogen-bond donors (Lipinski definition) is 0. The SMILES string of the molecule is COc1ccc(COc2cc3cc(Br)ccc3nc2N2C(=O)c3ccccc3C2=O)cc1. The monoisotopic (exact) mass is 488 g/mol. The van der Waals surface area contributed by atoms with Crippen molar-refractivity contribution in [2.45, 2.75) is 6.61 Å². The molecule has 7 heteroatoms. The van der Waals surface area contributed by atoms with E-state index in [2.05, 4.69) is 20.9 Å². The van der Waals surface area contributed by atoms with Gasteiger partial charge in [0.2, 0.25) is 0 Å². The molecule has 1 aliphatic heterocycles. The average Bonchev–Trinajstić information content (AvgIpc) is 3.07. The minimum absolute atomic E-state index is 0.180. The van der Waals surface area contributed by atoms with Gasteiger partial charge in [-0.3, -0.25) is 9.59 Å². The first-order chi connectivity index (χ1) is 15.5. The number of carbonyl (C=O) groups is 2. The number of fused-ring (bicyclic) bond motifs is 2. The van der Waals surface area contributed by atoms with Gasteiger partial charge in [0.25, 0.3) is 11.8 Å². The fourth-order valence-corrected chi connectivity index (χ4v) is 4.03. The number of benzene rings is 3. The Kier molecular flexibility index (Phi) is 5.11. The summed E-state index contributed by atoms with van der Waals surface area (Å²) < 4.78 is 12.2.